The van der Waals surface area contributed by atoms with Gasteiger partial charge in [0.25, 0.3) is 5.91 Å². The summed E-state index contributed by atoms with van der Waals surface area (Å²) in [5.74, 6) is -1.82. The van der Waals surface area contributed by atoms with Crippen LogP contribution in [-0.4, -0.2) is 83.7 Å². The fourth-order valence-corrected chi connectivity index (χ4v) is 4.60. The summed E-state index contributed by atoms with van der Waals surface area (Å²) in [6, 6.07) is 5.05. The minimum absolute atomic E-state index is 0.0622. The number of benzene rings is 1. The molecule has 2 aliphatic heterocycles. The topological polar surface area (TPSA) is 106 Å². The second-order valence-electron chi connectivity index (χ2n) is 9.92. The van der Waals surface area contributed by atoms with Crippen molar-refractivity contribution in [2.24, 2.45) is 5.92 Å². The second-order valence-corrected chi connectivity index (χ2v) is 9.92. The van der Waals surface area contributed by atoms with Gasteiger partial charge in [-0.15, -0.1) is 0 Å². The van der Waals surface area contributed by atoms with Crippen LogP contribution in [0.3, 0.4) is 0 Å². The van der Waals surface area contributed by atoms with Gasteiger partial charge in [-0.05, 0) is 36.1 Å². The van der Waals surface area contributed by atoms with Gasteiger partial charge < -0.3 is 29.2 Å². The number of carbonyl (C=O) groups is 3. The van der Waals surface area contributed by atoms with E-state index in [0.29, 0.717) is 34.8 Å². The quantitative estimate of drug-likeness (QED) is 0.477. The molecule has 0 bridgehead atoms. The van der Waals surface area contributed by atoms with Crippen LogP contribution < -0.4 is 10.1 Å². The van der Waals surface area contributed by atoms with Crippen LogP contribution in [0.5, 0.6) is 5.75 Å². The predicted molar refractivity (Wildman–Crippen MR) is 134 cm³/mol. The zero-order valence-electron chi connectivity index (χ0n) is 21.9. The third-order valence-corrected chi connectivity index (χ3v) is 6.62. The van der Waals surface area contributed by atoms with Gasteiger partial charge in [-0.3, -0.25) is 14.4 Å². The second kappa shape index (κ2) is 12.0. The van der Waals surface area contributed by atoms with Crippen molar-refractivity contribution < 1.29 is 37.0 Å². The molecule has 0 fully saturated rings. The van der Waals surface area contributed by atoms with Crippen LogP contribution in [0.4, 0.5) is 19.1 Å². The average molecular weight is 552 g/mol. The van der Waals surface area contributed by atoms with Crippen LogP contribution in [0, 0.1) is 5.92 Å². The first kappa shape index (κ1) is 28.2. The minimum Gasteiger partial charge on any atom is -0.493 e. The number of amides is 2. The Morgan fingerprint density at radius 3 is 2.74 bits per heavy atom. The lowest BCUT2D eigenvalue weighted by molar-refractivity contribution is -0.166. The van der Waals surface area contributed by atoms with Gasteiger partial charge in [0.15, 0.2) is 6.61 Å². The number of aryl methyl sites for hydroxylation is 1. The van der Waals surface area contributed by atoms with Crippen LogP contribution in [0.2, 0.25) is 0 Å². The highest BCUT2D eigenvalue weighted by molar-refractivity contribution is 5.86. The first-order chi connectivity index (χ1) is 18.5. The predicted octanol–water partition coefficient (Wildman–Crippen LogP) is 2.40. The van der Waals surface area contributed by atoms with Gasteiger partial charge in [0.05, 0.1) is 24.6 Å². The monoisotopic (exact) mass is 551 g/mol. The molecule has 0 saturated heterocycles. The van der Waals surface area contributed by atoms with E-state index in [1.54, 1.807) is 18.2 Å². The lowest BCUT2D eigenvalue weighted by Crippen LogP contribution is -2.41. The summed E-state index contributed by atoms with van der Waals surface area (Å²) in [4.78, 5) is 43.6. The molecule has 13 heteroatoms. The molecule has 0 saturated carbocycles. The number of carbonyl (C=O) groups excluding carboxylic acids is 3. The van der Waals surface area contributed by atoms with Crippen LogP contribution in [-0.2, 0) is 45.1 Å². The van der Waals surface area contributed by atoms with Crippen molar-refractivity contribution in [2.75, 3.05) is 45.7 Å². The highest BCUT2D eigenvalue weighted by Gasteiger charge is 2.38. The van der Waals surface area contributed by atoms with Crippen molar-refractivity contribution in [2.45, 2.75) is 44.9 Å². The van der Waals surface area contributed by atoms with Crippen molar-refractivity contribution in [1.82, 2.24) is 19.4 Å². The Bertz CT molecular complexity index is 1190. The normalized spacial score (nSPS) is 17.0. The Kier molecular flexibility index (Phi) is 8.66. The molecule has 0 unspecified atom stereocenters. The summed E-state index contributed by atoms with van der Waals surface area (Å²) in [5, 5.41) is 3.24. The number of aromatic nitrogens is 2. The van der Waals surface area contributed by atoms with Crippen LogP contribution in [0.15, 0.2) is 24.4 Å². The van der Waals surface area contributed by atoms with E-state index < -0.39 is 49.5 Å². The molecule has 1 aromatic carbocycles. The smallest absolute Gasteiger partial charge is 0.406 e. The number of nitrogens with one attached hydrogen (secondary N) is 1. The standard InChI is InChI=1S/C26H32F3N5O5/c1-32(2)22(35)15-39-23(36)12-18-10-17-4-5-21(11-19(17)13-34(24(18)37)16-26(27,28)29)38-9-6-20-14-33-8-3-7-30-25(33)31-20/h4-5,11,14,18H,3,6-10,12-13,15-16H2,1-2H3,(H,30,31)/t18-/m0/s1. The van der Waals surface area contributed by atoms with Crippen molar-refractivity contribution in [3.8, 4) is 5.75 Å². The lowest BCUT2D eigenvalue weighted by Gasteiger charge is -2.25. The molecule has 0 radical (unpaired) electrons. The number of fused-ring (bicyclic) bond motifs is 2. The summed E-state index contributed by atoms with van der Waals surface area (Å²) < 4.78 is 52.9. The van der Waals surface area contributed by atoms with Gasteiger partial charge in [0, 0.05) is 46.3 Å². The summed E-state index contributed by atoms with van der Waals surface area (Å²) in [7, 11) is 2.99. The molecule has 3 heterocycles. The Hall–Kier alpha value is -3.77. The minimum atomic E-state index is -4.62. The van der Waals surface area contributed by atoms with Gasteiger partial charge in [-0.2, -0.15) is 13.2 Å². The number of alkyl halides is 3. The molecule has 10 nitrogen and oxygen atoms in total. The van der Waals surface area contributed by atoms with Gasteiger partial charge in [-0.1, -0.05) is 6.07 Å². The fraction of sp³-hybridized carbons (Fsp3) is 0.538. The Labute approximate surface area is 224 Å². The first-order valence-corrected chi connectivity index (χ1v) is 12.7. The maximum absolute atomic E-state index is 13.3. The molecule has 2 aromatic rings. The summed E-state index contributed by atoms with van der Waals surface area (Å²) in [5.41, 5.74) is 2.04. The largest absolute Gasteiger partial charge is 0.493 e. The van der Waals surface area contributed by atoms with E-state index in [-0.39, 0.29) is 13.0 Å². The maximum atomic E-state index is 13.3. The van der Waals surface area contributed by atoms with Crippen LogP contribution in [0.1, 0.15) is 29.7 Å². The third-order valence-electron chi connectivity index (χ3n) is 6.62. The molecule has 0 aliphatic carbocycles. The van der Waals surface area contributed by atoms with E-state index in [1.165, 1.54) is 19.0 Å². The maximum Gasteiger partial charge on any atom is 0.406 e. The van der Waals surface area contributed by atoms with E-state index >= 15 is 0 Å². The molecular formula is C26H32F3N5O5. The number of ether oxygens (including phenoxy) is 2. The number of halogens is 3. The van der Waals surface area contributed by atoms with Gasteiger partial charge >= 0.3 is 12.1 Å². The highest BCUT2D eigenvalue weighted by atomic mass is 19.4. The van der Waals surface area contributed by atoms with Gasteiger partial charge in [0.2, 0.25) is 11.9 Å². The van der Waals surface area contributed by atoms with Crippen LogP contribution >= 0.6 is 0 Å². The van der Waals surface area contributed by atoms with Gasteiger partial charge in [0.1, 0.15) is 12.3 Å². The Morgan fingerprint density at radius 2 is 2.03 bits per heavy atom. The number of imidazole rings is 1. The molecule has 2 amide bonds. The molecule has 1 atom stereocenters. The summed E-state index contributed by atoms with van der Waals surface area (Å²) >= 11 is 0. The number of hydrogen-bond acceptors (Lipinski definition) is 7. The van der Waals surface area contributed by atoms with E-state index in [2.05, 4.69) is 14.9 Å². The summed E-state index contributed by atoms with van der Waals surface area (Å²) in [6.45, 7) is -0.112. The zero-order valence-corrected chi connectivity index (χ0v) is 21.9. The molecule has 1 N–H and O–H groups in total. The number of nitrogens with zero attached hydrogens (tertiary/aromatic N) is 4. The molecule has 39 heavy (non-hydrogen) atoms. The Morgan fingerprint density at radius 1 is 1.23 bits per heavy atom. The van der Waals surface area contributed by atoms with Crippen molar-refractivity contribution in [1.29, 1.82) is 0 Å². The molecule has 2 aliphatic rings. The van der Waals surface area contributed by atoms with Gasteiger partial charge in [-0.25, -0.2) is 4.98 Å². The molecule has 0 spiro atoms. The molecular weight excluding hydrogens is 519 g/mol. The Balaban J connectivity index is 1.43. The third kappa shape index (κ3) is 7.64. The number of hydrogen-bond donors (Lipinski definition) is 1. The van der Waals surface area contributed by atoms with Crippen molar-refractivity contribution >= 4 is 23.7 Å². The number of likely N-dealkylation sites (N-methyl/N-ethyl adjacent to an activating group) is 1. The first-order valence-electron chi connectivity index (χ1n) is 12.7. The molecule has 4 rings (SSSR count). The SMILES string of the molecule is CN(C)C(=O)COC(=O)C[C@@H]1Cc2ccc(OCCc3cn4c(n3)NCCC4)cc2CN(CC(F)(F)F)C1=O. The van der Waals surface area contributed by atoms with E-state index in [0.717, 1.165) is 31.2 Å². The van der Waals surface area contributed by atoms with E-state index in [1.807, 2.05) is 6.20 Å². The van der Waals surface area contributed by atoms with E-state index in [4.69, 9.17) is 9.47 Å². The molecule has 212 valence electrons. The highest BCUT2D eigenvalue weighted by Crippen LogP contribution is 2.30. The number of rotatable bonds is 9. The summed E-state index contributed by atoms with van der Waals surface area (Å²) in [6.07, 6.45) is -1.43. The van der Waals surface area contributed by atoms with E-state index in [9.17, 15) is 27.6 Å². The average Bonchev–Trinajstić information content (AvgIpc) is 3.24. The number of esters is 1. The molecule has 1 aromatic heterocycles. The number of anilines is 1. The van der Waals surface area contributed by atoms with Crippen molar-refractivity contribution in [3.05, 3.63) is 41.2 Å². The van der Waals surface area contributed by atoms with Crippen LogP contribution in [0.25, 0.3) is 0 Å². The van der Waals surface area contributed by atoms with Crippen molar-refractivity contribution in [3.63, 3.8) is 0 Å². The fourth-order valence-electron chi connectivity index (χ4n) is 4.60. The lowest BCUT2D eigenvalue weighted by atomic mass is 9.94. The zero-order chi connectivity index (χ0) is 28.2.